The van der Waals surface area contributed by atoms with Crippen molar-refractivity contribution in [3.05, 3.63) is 28.8 Å². The van der Waals surface area contributed by atoms with Crippen molar-refractivity contribution in [2.45, 2.75) is 45.8 Å². The standard InChI is InChI=1S/C17H27ClN2O/c1-3-9-19-13-14-5-6-15(18)12-17(14)20-10-7-16(8-11-20)21-4-2/h5-6,12,16,19H,3-4,7-11,13H2,1-2H3. The Kier molecular flexibility index (Phi) is 6.81. The van der Waals surface area contributed by atoms with E-state index < -0.39 is 0 Å². The molecule has 0 saturated carbocycles. The Bertz CT molecular complexity index is 431. The number of anilines is 1. The Morgan fingerprint density at radius 2 is 2.05 bits per heavy atom. The number of hydrogen-bond donors (Lipinski definition) is 1. The molecule has 1 aromatic carbocycles. The van der Waals surface area contributed by atoms with E-state index in [9.17, 15) is 0 Å². The molecule has 1 aromatic rings. The molecule has 1 saturated heterocycles. The highest BCUT2D eigenvalue weighted by atomic mass is 35.5. The van der Waals surface area contributed by atoms with Crippen molar-refractivity contribution >= 4 is 17.3 Å². The molecule has 0 atom stereocenters. The highest BCUT2D eigenvalue weighted by Gasteiger charge is 2.21. The lowest BCUT2D eigenvalue weighted by molar-refractivity contribution is 0.0459. The molecule has 1 heterocycles. The van der Waals surface area contributed by atoms with E-state index in [4.69, 9.17) is 16.3 Å². The third-order valence-electron chi connectivity index (χ3n) is 3.97. The van der Waals surface area contributed by atoms with Crippen molar-refractivity contribution in [2.24, 2.45) is 0 Å². The Morgan fingerprint density at radius 1 is 1.29 bits per heavy atom. The molecule has 2 rings (SSSR count). The van der Waals surface area contributed by atoms with Crippen LogP contribution >= 0.6 is 11.6 Å². The first kappa shape index (κ1) is 16.6. The van der Waals surface area contributed by atoms with E-state index in [0.29, 0.717) is 6.10 Å². The summed E-state index contributed by atoms with van der Waals surface area (Å²) < 4.78 is 5.74. The fourth-order valence-electron chi connectivity index (χ4n) is 2.88. The van der Waals surface area contributed by atoms with Crippen LogP contribution in [-0.2, 0) is 11.3 Å². The number of nitrogens with zero attached hydrogens (tertiary/aromatic N) is 1. The summed E-state index contributed by atoms with van der Waals surface area (Å²) in [5.74, 6) is 0. The second-order valence-electron chi connectivity index (χ2n) is 5.59. The lowest BCUT2D eigenvalue weighted by atomic mass is 10.0. The van der Waals surface area contributed by atoms with Crippen molar-refractivity contribution in [1.29, 1.82) is 0 Å². The SMILES string of the molecule is CCCNCc1ccc(Cl)cc1N1CCC(OCC)CC1. The molecule has 1 aliphatic heterocycles. The van der Waals surface area contributed by atoms with Gasteiger partial charge in [-0.15, -0.1) is 0 Å². The predicted molar refractivity (Wildman–Crippen MR) is 90.3 cm³/mol. The molecule has 0 unspecified atom stereocenters. The van der Waals surface area contributed by atoms with Crippen LogP contribution in [0.25, 0.3) is 0 Å². The van der Waals surface area contributed by atoms with Crippen molar-refractivity contribution in [3.8, 4) is 0 Å². The third kappa shape index (κ3) is 4.87. The van der Waals surface area contributed by atoms with Gasteiger partial charge in [0.15, 0.2) is 0 Å². The maximum absolute atomic E-state index is 6.20. The molecule has 0 bridgehead atoms. The van der Waals surface area contributed by atoms with E-state index in [2.05, 4.69) is 36.2 Å². The molecule has 0 aliphatic carbocycles. The summed E-state index contributed by atoms with van der Waals surface area (Å²) >= 11 is 6.20. The molecule has 3 nitrogen and oxygen atoms in total. The van der Waals surface area contributed by atoms with E-state index in [1.54, 1.807) is 0 Å². The van der Waals surface area contributed by atoms with Gasteiger partial charge >= 0.3 is 0 Å². The maximum atomic E-state index is 6.20. The third-order valence-corrected chi connectivity index (χ3v) is 4.21. The van der Waals surface area contributed by atoms with E-state index in [0.717, 1.165) is 57.1 Å². The summed E-state index contributed by atoms with van der Waals surface area (Å²) in [6.45, 7) is 9.13. The van der Waals surface area contributed by atoms with Gasteiger partial charge in [0.1, 0.15) is 0 Å². The molecule has 1 aliphatic rings. The minimum absolute atomic E-state index is 0.423. The molecule has 0 amide bonds. The largest absolute Gasteiger partial charge is 0.378 e. The fraction of sp³-hybridized carbons (Fsp3) is 0.647. The average molecular weight is 311 g/mol. The van der Waals surface area contributed by atoms with Crippen LogP contribution < -0.4 is 10.2 Å². The van der Waals surface area contributed by atoms with Gasteiger partial charge in [-0.05, 0) is 50.4 Å². The van der Waals surface area contributed by atoms with Crippen LogP contribution in [0.15, 0.2) is 18.2 Å². The van der Waals surface area contributed by atoms with Gasteiger partial charge in [0.05, 0.1) is 6.10 Å². The van der Waals surface area contributed by atoms with Crippen LogP contribution in [0, 0.1) is 0 Å². The quantitative estimate of drug-likeness (QED) is 0.774. The van der Waals surface area contributed by atoms with Crippen LogP contribution in [0.5, 0.6) is 0 Å². The van der Waals surface area contributed by atoms with E-state index in [-0.39, 0.29) is 0 Å². The van der Waals surface area contributed by atoms with Crippen LogP contribution in [-0.4, -0.2) is 32.3 Å². The summed E-state index contributed by atoms with van der Waals surface area (Å²) in [5.41, 5.74) is 2.61. The van der Waals surface area contributed by atoms with Gasteiger partial charge in [0.2, 0.25) is 0 Å². The lowest BCUT2D eigenvalue weighted by Crippen LogP contribution is -2.37. The summed E-state index contributed by atoms with van der Waals surface area (Å²) in [5, 5.41) is 4.30. The molecular weight excluding hydrogens is 284 g/mol. The topological polar surface area (TPSA) is 24.5 Å². The first-order valence-electron chi connectivity index (χ1n) is 8.10. The summed E-state index contributed by atoms with van der Waals surface area (Å²) in [4.78, 5) is 2.45. The number of piperidine rings is 1. The Balaban J connectivity index is 2.02. The number of rotatable bonds is 7. The van der Waals surface area contributed by atoms with Gasteiger partial charge in [-0.2, -0.15) is 0 Å². The number of benzene rings is 1. The van der Waals surface area contributed by atoms with Gasteiger partial charge in [0.25, 0.3) is 0 Å². The first-order chi connectivity index (χ1) is 10.2. The molecule has 4 heteroatoms. The normalized spacial score (nSPS) is 16.4. The summed E-state index contributed by atoms with van der Waals surface area (Å²) in [7, 11) is 0. The van der Waals surface area contributed by atoms with Gasteiger partial charge in [-0.3, -0.25) is 0 Å². The van der Waals surface area contributed by atoms with Gasteiger partial charge in [-0.1, -0.05) is 24.6 Å². The van der Waals surface area contributed by atoms with E-state index >= 15 is 0 Å². The fourth-order valence-corrected chi connectivity index (χ4v) is 3.05. The number of halogens is 1. The van der Waals surface area contributed by atoms with Crippen LogP contribution in [0.2, 0.25) is 5.02 Å². The van der Waals surface area contributed by atoms with Crippen molar-refractivity contribution in [3.63, 3.8) is 0 Å². The molecule has 0 aromatic heterocycles. The predicted octanol–water partition coefficient (Wildman–Crippen LogP) is 3.84. The monoisotopic (exact) mass is 310 g/mol. The number of nitrogens with one attached hydrogen (secondary N) is 1. The summed E-state index contributed by atoms with van der Waals surface area (Å²) in [6, 6.07) is 6.24. The Morgan fingerprint density at radius 3 is 2.71 bits per heavy atom. The second-order valence-corrected chi connectivity index (χ2v) is 6.03. The molecule has 1 N–H and O–H groups in total. The Hall–Kier alpha value is -0.770. The van der Waals surface area contributed by atoms with E-state index in [1.165, 1.54) is 11.3 Å². The minimum Gasteiger partial charge on any atom is -0.378 e. The van der Waals surface area contributed by atoms with Crippen molar-refractivity contribution in [1.82, 2.24) is 5.32 Å². The number of hydrogen-bond acceptors (Lipinski definition) is 3. The minimum atomic E-state index is 0.423. The smallest absolute Gasteiger partial charge is 0.0608 e. The molecule has 1 fully saturated rings. The van der Waals surface area contributed by atoms with Crippen LogP contribution in [0.4, 0.5) is 5.69 Å². The number of ether oxygens (including phenoxy) is 1. The molecular formula is C17H27ClN2O. The molecule has 0 radical (unpaired) electrons. The van der Waals surface area contributed by atoms with Crippen LogP contribution in [0.3, 0.4) is 0 Å². The van der Waals surface area contributed by atoms with Crippen LogP contribution in [0.1, 0.15) is 38.7 Å². The van der Waals surface area contributed by atoms with Gasteiger partial charge < -0.3 is 15.0 Å². The zero-order valence-corrected chi connectivity index (χ0v) is 14.0. The second kappa shape index (κ2) is 8.62. The van der Waals surface area contributed by atoms with E-state index in [1.807, 2.05) is 6.07 Å². The van der Waals surface area contributed by atoms with Crippen molar-refractivity contribution < 1.29 is 4.74 Å². The highest BCUT2D eigenvalue weighted by Crippen LogP contribution is 2.28. The molecule has 0 spiro atoms. The zero-order chi connectivity index (χ0) is 15.1. The highest BCUT2D eigenvalue weighted by molar-refractivity contribution is 6.30. The molecule has 118 valence electrons. The van der Waals surface area contributed by atoms with Gasteiger partial charge in [-0.25, -0.2) is 0 Å². The molecule has 21 heavy (non-hydrogen) atoms. The average Bonchev–Trinajstić information content (AvgIpc) is 2.50. The zero-order valence-electron chi connectivity index (χ0n) is 13.2. The maximum Gasteiger partial charge on any atom is 0.0608 e. The lowest BCUT2D eigenvalue weighted by Gasteiger charge is -2.34. The first-order valence-corrected chi connectivity index (χ1v) is 8.48. The Labute approximate surface area is 133 Å². The van der Waals surface area contributed by atoms with Gasteiger partial charge in [0, 0.05) is 37.0 Å². The van der Waals surface area contributed by atoms with Crippen molar-refractivity contribution in [2.75, 3.05) is 31.1 Å². The summed E-state index contributed by atoms with van der Waals surface area (Å²) in [6.07, 6.45) is 3.78.